The molecule has 2 heterocycles. The van der Waals surface area contributed by atoms with Crippen molar-refractivity contribution >= 4 is 17.0 Å². The molecule has 3 rings (SSSR count). The Hall–Kier alpha value is -1.92. The summed E-state index contributed by atoms with van der Waals surface area (Å²) in [5.74, 6) is 0.598. The van der Waals surface area contributed by atoms with Gasteiger partial charge in [-0.05, 0) is 30.2 Å². The van der Waals surface area contributed by atoms with Gasteiger partial charge >= 0.3 is 0 Å². The van der Waals surface area contributed by atoms with E-state index in [-0.39, 0.29) is 11.3 Å². The monoisotopic (exact) mass is 358 g/mol. The Morgan fingerprint density at radius 3 is 2.65 bits per heavy atom. The lowest BCUT2D eigenvalue weighted by atomic mass is 9.87. The maximum Gasteiger partial charge on any atom is 0.221 e. The van der Waals surface area contributed by atoms with Crippen molar-refractivity contribution in [3.8, 4) is 0 Å². The van der Waals surface area contributed by atoms with Crippen LogP contribution in [0.1, 0.15) is 38.6 Å². The SMILES string of the molecule is CN1CCN(CCC(=O)NCc2nc3cc(C(C)(C)C)ccc3o2)CC1. The van der Waals surface area contributed by atoms with Crippen molar-refractivity contribution in [2.24, 2.45) is 0 Å². The van der Waals surface area contributed by atoms with Crippen LogP contribution in [-0.4, -0.2) is 60.5 Å². The number of oxazole rings is 1. The first-order chi connectivity index (χ1) is 12.3. The van der Waals surface area contributed by atoms with Gasteiger partial charge in [-0.1, -0.05) is 26.8 Å². The molecule has 1 aliphatic heterocycles. The van der Waals surface area contributed by atoms with Gasteiger partial charge in [-0.2, -0.15) is 0 Å². The van der Waals surface area contributed by atoms with E-state index in [1.807, 2.05) is 6.07 Å². The average molecular weight is 358 g/mol. The fraction of sp³-hybridized carbons (Fsp3) is 0.600. The fourth-order valence-electron chi connectivity index (χ4n) is 3.11. The van der Waals surface area contributed by atoms with Crippen LogP contribution in [0.25, 0.3) is 11.1 Å². The molecule has 0 atom stereocenters. The minimum atomic E-state index is 0.0431. The Kier molecular flexibility index (Phi) is 5.63. The van der Waals surface area contributed by atoms with Crippen LogP contribution < -0.4 is 5.32 Å². The van der Waals surface area contributed by atoms with Crippen LogP contribution in [0.4, 0.5) is 0 Å². The molecule has 1 aromatic carbocycles. The van der Waals surface area contributed by atoms with Crippen LogP contribution in [0.2, 0.25) is 0 Å². The van der Waals surface area contributed by atoms with E-state index in [0.29, 0.717) is 18.9 Å². The van der Waals surface area contributed by atoms with Crippen LogP contribution in [0.5, 0.6) is 0 Å². The number of nitrogens with one attached hydrogen (secondary N) is 1. The molecule has 0 unspecified atom stereocenters. The number of rotatable bonds is 5. The molecule has 0 radical (unpaired) electrons. The lowest BCUT2D eigenvalue weighted by Gasteiger charge is -2.32. The highest BCUT2D eigenvalue weighted by Crippen LogP contribution is 2.26. The summed E-state index contributed by atoms with van der Waals surface area (Å²) < 4.78 is 5.75. The average Bonchev–Trinajstić information content (AvgIpc) is 3.01. The number of piperazine rings is 1. The molecule has 2 aromatic rings. The lowest BCUT2D eigenvalue weighted by molar-refractivity contribution is -0.121. The molecular weight excluding hydrogens is 328 g/mol. The number of aromatic nitrogens is 1. The predicted octanol–water partition coefficient (Wildman–Crippen LogP) is 2.38. The number of amides is 1. The van der Waals surface area contributed by atoms with E-state index >= 15 is 0 Å². The summed E-state index contributed by atoms with van der Waals surface area (Å²) in [4.78, 5) is 21.3. The first-order valence-electron chi connectivity index (χ1n) is 9.39. The summed E-state index contributed by atoms with van der Waals surface area (Å²) in [5, 5.41) is 2.92. The molecule has 1 aliphatic rings. The van der Waals surface area contributed by atoms with Gasteiger partial charge < -0.3 is 19.5 Å². The van der Waals surface area contributed by atoms with Gasteiger partial charge in [0, 0.05) is 39.1 Å². The van der Waals surface area contributed by atoms with Gasteiger partial charge in [-0.25, -0.2) is 4.98 Å². The van der Waals surface area contributed by atoms with Gasteiger partial charge in [-0.15, -0.1) is 0 Å². The molecule has 26 heavy (non-hydrogen) atoms. The minimum Gasteiger partial charge on any atom is -0.439 e. The number of hydrogen-bond acceptors (Lipinski definition) is 5. The van der Waals surface area contributed by atoms with Crippen LogP contribution in [0.3, 0.4) is 0 Å². The number of carbonyl (C=O) groups is 1. The van der Waals surface area contributed by atoms with Crippen LogP contribution in [-0.2, 0) is 16.8 Å². The van der Waals surface area contributed by atoms with E-state index in [2.05, 4.69) is 60.1 Å². The summed E-state index contributed by atoms with van der Waals surface area (Å²) in [5.41, 5.74) is 2.91. The van der Waals surface area contributed by atoms with E-state index in [1.165, 1.54) is 5.56 Å². The summed E-state index contributed by atoms with van der Waals surface area (Å²) in [6, 6.07) is 6.10. The van der Waals surface area contributed by atoms with Crippen molar-refractivity contribution in [3.05, 3.63) is 29.7 Å². The minimum absolute atomic E-state index is 0.0431. The van der Waals surface area contributed by atoms with E-state index in [4.69, 9.17) is 4.42 Å². The largest absolute Gasteiger partial charge is 0.439 e. The second kappa shape index (κ2) is 7.76. The molecule has 1 fully saturated rings. The molecule has 0 saturated carbocycles. The van der Waals surface area contributed by atoms with Gasteiger partial charge in [-0.3, -0.25) is 4.79 Å². The summed E-state index contributed by atoms with van der Waals surface area (Å²) in [6.07, 6.45) is 0.512. The van der Waals surface area contributed by atoms with Crippen molar-refractivity contribution in [3.63, 3.8) is 0 Å². The van der Waals surface area contributed by atoms with Gasteiger partial charge in [0.25, 0.3) is 0 Å². The third kappa shape index (κ3) is 4.83. The summed E-state index contributed by atoms with van der Waals surface area (Å²) in [6.45, 7) is 11.9. The van der Waals surface area contributed by atoms with E-state index in [9.17, 15) is 4.79 Å². The number of benzene rings is 1. The Morgan fingerprint density at radius 2 is 1.96 bits per heavy atom. The van der Waals surface area contributed by atoms with E-state index in [1.54, 1.807) is 0 Å². The Labute approximate surface area is 155 Å². The zero-order chi connectivity index (χ0) is 18.7. The normalized spacial score (nSPS) is 16.9. The molecule has 6 nitrogen and oxygen atoms in total. The smallest absolute Gasteiger partial charge is 0.221 e. The summed E-state index contributed by atoms with van der Waals surface area (Å²) in [7, 11) is 2.13. The number of nitrogens with zero attached hydrogens (tertiary/aromatic N) is 3. The van der Waals surface area contributed by atoms with Crippen molar-refractivity contribution < 1.29 is 9.21 Å². The second-order valence-electron chi connectivity index (χ2n) is 8.21. The van der Waals surface area contributed by atoms with Crippen LogP contribution in [0.15, 0.2) is 22.6 Å². The molecule has 1 aromatic heterocycles. The van der Waals surface area contributed by atoms with Gasteiger partial charge in [0.05, 0.1) is 6.54 Å². The number of likely N-dealkylation sites (N-methyl/N-ethyl adjacent to an activating group) is 1. The van der Waals surface area contributed by atoms with Gasteiger partial charge in [0.15, 0.2) is 5.58 Å². The van der Waals surface area contributed by atoms with Crippen molar-refractivity contribution in [2.45, 2.75) is 39.2 Å². The van der Waals surface area contributed by atoms with Gasteiger partial charge in [0.2, 0.25) is 11.8 Å². The highest BCUT2D eigenvalue weighted by Gasteiger charge is 2.17. The van der Waals surface area contributed by atoms with Crippen LogP contribution >= 0.6 is 0 Å². The number of fused-ring (bicyclic) bond motifs is 1. The Morgan fingerprint density at radius 1 is 1.23 bits per heavy atom. The quantitative estimate of drug-likeness (QED) is 0.889. The second-order valence-corrected chi connectivity index (χ2v) is 8.21. The van der Waals surface area contributed by atoms with Gasteiger partial charge in [0.1, 0.15) is 5.52 Å². The molecule has 0 aliphatic carbocycles. The zero-order valence-electron chi connectivity index (χ0n) is 16.3. The fourth-order valence-corrected chi connectivity index (χ4v) is 3.11. The number of hydrogen-bond donors (Lipinski definition) is 1. The van der Waals surface area contributed by atoms with E-state index < -0.39 is 0 Å². The first kappa shape index (κ1) is 18.9. The van der Waals surface area contributed by atoms with Crippen molar-refractivity contribution in [1.82, 2.24) is 20.1 Å². The zero-order valence-corrected chi connectivity index (χ0v) is 16.3. The topological polar surface area (TPSA) is 61.6 Å². The molecule has 1 saturated heterocycles. The Bertz CT molecular complexity index is 755. The standard InChI is InChI=1S/C20H30N4O2/c1-20(2,3)15-5-6-17-16(13-15)22-19(26-17)14-21-18(25)7-8-24-11-9-23(4)10-12-24/h5-6,13H,7-12,14H2,1-4H3,(H,21,25). The molecule has 6 heteroatoms. The molecular formula is C20H30N4O2. The molecule has 1 amide bonds. The molecule has 1 N–H and O–H groups in total. The lowest BCUT2D eigenvalue weighted by Crippen LogP contribution is -2.45. The maximum absolute atomic E-state index is 12.1. The van der Waals surface area contributed by atoms with Crippen molar-refractivity contribution in [1.29, 1.82) is 0 Å². The van der Waals surface area contributed by atoms with E-state index in [0.717, 1.165) is 43.8 Å². The summed E-state index contributed by atoms with van der Waals surface area (Å²) >= 11 is 0. The molecule has 142 valence electrons. The number of carbonyl (C=O) groups excluding carboxylic acids is 1. The third-order valence-electron chi connectivity index (χ3n) is 4.99. The van der Waals surface area contributed by atoms with Crippen LogP contribution in [0, 0.1) is 0 Å². The highest BCUT2D eigenvalue weighted by atomic mass is 16.3. The molecule has 0 bridgehead atoms. The third-order valence-corrected chi connectivity index (χ3v) is 4.99. The first-order valence-corrected chi connectivity index (χ1v) is 9.39. The predicted molar refractivity (Wildman–Crippen MR) is 103 cm³/mol. The highest BCUT2D eigenvalue weighted by molar-refractivity contribution is 5.76. The maximum atomic E-state index is 12.1. The Balaban J connectivity index is 1.50. The molecule has 0 spiro atoms. The van der Waals surface area contributed by atoms with Crippen molar-refractivity contribution in [2.75, 3.05) is 39.8 Å².